The molecule has 25 nitrogen and oxygen atoms in total. The fourth-order valence-corrected chi connectivity index (χ4v) is 15.3. The van der Waals surface area contributed by atoms with Crippen molar-refractivity contribution in [2.24, 2.45) is 52.3 Å². The van der Waals surface area contributed by atoms with Gasteiger partial charge in [-0.05, 0) is 80.0 Å². The maximum absolute atomic E-state index is 14.8. The van der Waals surface area contributed by atoms with Gasteiger partial charge in [0.1, 0.15) is 103 Å². The van der Waals surface area contributed by atoms with Crippen LogP contribution in [0.3, 0.4) is 0 Å². The van der Waals surface area contributed by atoms with Crippen LogP contribution in [0.5, 0.6) is 0 Å². The first-order valence-electron chi connectivity index (χ1n) is 27.3. The molecule has 9 rings (SSSR count). The van der Waals surface area contributed by atoms with Crippen molar-refractivity contribution in [1.82, 2.24) is 0 Å². The van der Waals surface area contributed by atoms with Gasteiger partial charge in [0.05, 0.1) is 45.2 Å². The Morgan fingerprint density at radius 2 is 1.13 bits per heavy atom. The Kier molecular flexibility index (Phi) is 18.1. The molecule has 0 amide bonds. The number of ketones is 1. The number of carbonyl (C=O) groups is 1. The molecule has 32 atom stereocenters. The molecular formula is C51H84O25. The molecule has 0 radical (unpaired) electrons. The van der Waals surface area contributed by atoms with Crippen molar-refractivity contribution < 1.29 is 124 Å². The molecule has 9 aliphatic rings. The summed E-state index contributed by atoms with van der Waals surface area (Å²) in [5, 5.41) is 159. The Labute approximate surface area is 440 Å². The molecule has 4 saturated carbocycles. The predicted molar refractivity (Wildman–Crippen MR) is 252 cm³/mol. The molecule has 0 spiro atoms. The van der Waals surface area contributed by atoms with Crippen molar-refractivity contribution in [3.63, 3.8) is 0 Å². The minimum atomic E-state index is -1.93. The second kappa shape index (κ2) is 23.2. The molecule has 0 bridgehead atoms. The van der Waals surface area contributed by atoms with E-state index in [4.69, 9.17) is 42.6 Å². The first-order valence-corrected chi connectivity index (χ1v) is 27.3. The van der Waals surface area contributed by atoms with E-state index in [0.717, 1.165) is 12.8 Å². The first-order chi connectivity index (χ1) is 35.9. The first kappa shape index (κ1) is 59.3. The number of carbonyl (C=O) groups excluding carboxylic acids is 1. The molecule has 5 heterocycles. The van der Waals surface area contributed by atoms with E-state index >= 15 is 0 Å². The zero-order chi connectivity index (χ0) is 55.1. The number of rotatable bonds is 16. The zero-order valence-corrected chi connectivity index (χ0v) is 43.4. The van der Waals surface area contributed by atoms with Crippen molar-refractivity contribution >= 4 is 5.78 Å². The van der Waals surface area contributed by atoms with Gasteiger partial charge >= 0.3 is 0 Å². The van der Waals surface area contributed by atoms with Gasteiger partial charge in [-0.2, -0.15) is 0 Å². The summed E-state index contributed by atoms with van der Waals surface area (Å²) in [7, 11) is 0. The smallest absolute Gasteiger partial charge is 0.187 e. The van der Waals surface area contributed by atoms with Crippen LogP contribution in [0.25, 0.3) is 0 Å². The van der Waals surface area contributed by atoms with E-state index < -0.39 is 167 Å². The third-order valence-corrected chi connectivity index (χ3v) is 20.0. The van der Waals surface area contributed by atoms with Crippen molar-refractivity contribution in [3.05, 3.63) is 0 Å². The van der Waals surface area contributed by atoms with Crippen LogP contribution >= 0.6 is 0 Å². The summed E-state index contributed by atoms with van der Waals surface area (Å²) in [6.45, 7) is 5.33. The lowest BCUT2D eigenvalue weighted by molar-refractivity contribution is -0.390. The summed E-state index contributed by atoms with van der Waals surface area (Å²) >= 11 is 0. The highest BCUT2D eigenvalue weighted by Crippen LogP contribution is 2.70. The molecule has 0 unspecified atom stereocenters. The molecule has 9 fully saturated rings. The molecule has 15 N–H and O–H groups in total. The standard InChI is InChI=1S/C51H84O25/c1-19(18-68-45-40(64)36(60)33(57)27(14-52)70-45)7-10-51(67)20(2)32-26(76-51)12-25-23-6-5-21-11-22(8-9-49(21,3)24(23)13-31(56)50(25,32)4)69-46-42(66)39(63)43(30(17-55)73-46)74-48-44(38(62)35(59)29(16-54)72-48)75-47-41(65)37(61)34(58)28(15-53)71-47/h19-30,32-48,52-55,57-67H,5-18H2,1-4H3/t19-,20-,21-,22-,23+,24-,25-,26-,27+,28+,29+,30+,32-,33+,34-,35+,36-,37-,38-,39+,40+,41+,42+,43-,44+,45+,46+,47-,48-,49-,50+,51+/m0/s1. The third kappa shape index (κ3) is 10.4. The van der Waals surface area contributed by atoms with Crippen LogP contribution in [0.15, 0.2) is 0 Å². The Balaban J connectivity index is 0.797. The lowest BCUT2D eigenvalue weighted by atomic mass is 9.44. The van der Waals surface area contributed by atoms with Crippen LogP contribution in [-0.4, -0.2) is 256 Å². The fraction of sp³-hybridized carbons (Fsp3) is 0.980. The van der Waals surface area contributed by atoms with Crippen molar-refractivity contribution in [3.8, 4) is 0 Å². The van der Waals surface area contributed by atoms with E-state index in [1.165, 1.54) is 0 Å². The second-order valence-corrected chi connectivity index (χ2v) is 24.1. The van der Waals surface area contributed by atoms with Crippen molar-refractivity contribution in [2.45, 2.75) is 226 Å². The highest BCUT2D eigenvalue weighted by atomic mass is 16.8. The van der Waals surface area contributed by atoms with Gasteiger partial charge < -0.3 is 119 Å². The van der Waals surface area contributed by atoms with Crippen LogP contribution < -0.4 is 0 Å². The largest absolute Gasteiger partial charge is 0.394 e. The highest BCUT2D eigenvalue weighted by molar-refractivity contribution is 5.87. The van der Waals surface area contributed by atoms with Crippen LogP contribution in [0.1, 0.15) is 85.5 Å². The molecule has 25 heteroatoms. The number of hydrogen-bond acceptors (Lipinski definition) is 25. The average molecular weight is 1100 g/mol. The number of aliphatic hydroxyl groups excluding tert-OH is 14. The third-order valence-electron chi connectivity index (χ3n) is 20.0. The zero-order valence-electron chi connectivity index (χ0n) is 43.4. The summed E-state index contributed by atoms with van der Waals surface area (Å²) in [6.07, 6.45) is -27.9. The second-order valence-electron chi connectivity index (χ2n) is 24.1. The van der Waals surface area contributed by atoms with E-state index in [0.29, 0.717) is 38.5 Å². The average Bonchev–Trinajstić information content (AvgIpc) is 3.85. The van der Waals surface area contributed by atoms with Gasteiger partial charge in [-0.25, -0.2) is 0 Å². The molecule has 5 saturated heterocycles. The van der Waals surface area contributed by atoms with E-state index in [1.807, 2.05) is 13.8 Å². The van der Waals surface area contributed by atoms with E-state index in [1.54, 1.807) is 0 Å². The molecule has 438 valence electrons. The summed E-state index contributed by atoms with van der Waals surface area (Å²) in [5.41, 5.74) is -0.935. The lowest BCUT2D eigenvalue weighted by Gasteiger charge is -2.60. The molecule has 5 aliphatic heterocycles. The number of fused-ring (bicyclic) bond motifs is 7. The van der Waals surface area contributed by atoms with Crippen LogP contribution in [0, 0.1) is 52.3 Å². The van der Waals surface area contributed by atoms with Crippen LogP contribution in [0.2, 0.25) is 0 Å². The topological polar surface area (TPSA) is 404 Å². The molecule has 0 aromatic heterocycles. The number of hydrogen-bond donors (Lipinski definition) is 15. The maximum atomic E-state index is 14.8. The molecule has 0 aromatic carbocycles. The van der Waals surface area contributed by atoms with E-state index in [-0.39, 0.29) is 71.8 Å². The van der Waals surface area contributed by atoms with E-state index in [2.05, 4.69) is 13.8 Å². The van der Waals surface area contributed by atoms with Gasteiger partial charge in [0, 0.05) is 30.1 Å². The minimum Gasteiger partial charge on any atom is -0.394 e. The summed E-state index contributed by atoms with van der Waals surface area (Å²) in [4.78, 5) is 14.8. The number of aliphatic hydroxyl groups is 15. The van der Waals surface area contributed by atoms with Crippen LogP contribution in [-0.2, 0) is 47.4 Å². The Morgan fingerprint density at radius 3 is 1.76 bits per heavy atom. The van der Waals surface area contributed by atoms with Gasteiger partial charge in [0.25, 0.3) is 0 Å². The van der Waals surface area contributed by atoms with Gasteiger partial charge in [-0.15, -0.1) is 0 Å². The number of Topliss-reactive ketones (excluding diaryl/α,β-unsaturated/α-hetero) is 1. The van der Waals surface area contributed by atoms with Crippen molar-refractivity contribution in [2.75, 3.05) is 33.0 Å². The maximum Gasteiger partial charge on any atom is 0.187 e. The monoisotopic (exact) mass is 1100 g/mol. The SMILES string of the molecule is C[C@@H](CC[C@@]1(O)O[C@H]2C[C@H]3[C@@H]4CC[C@H]5C[C@@H](O[C@@H]6O[C@H](CO)[C@H](O[C@@H]7O[C@H](CO)[C@@H](O)[C@H](O)[C@H]7O[C@@H]7O[C@H](CO)[C@H](O)[C@H](O)[C@H]7O)[C@H](O)[C@H]6O)CC[C@]5(C)[C@H]4CC(=O)[C@]3(C)[C@H]2[C@@H]1C)CO[C@@H]1O[C@H](CO)[C@@H](O)[C@H](O)[C@H]1O. The van der Waals surface area contributed by atoms with Crippen LogP contribution in [0.4, 0.5) is 0 Å². The lowest BCUT2D eigenvalue weighted by Crippen LogP contribution is -2.67. The van der Waals surface area contributed by atoms with Gasteiger partial charge in [0.2, 0.25) is 0 Å². The number of ether oxygens (including phenoxy) is 9. The Bertz CT molecular complexity index is 1950. The molecule has 0 aromatic rings. The normalized spacial score (nSPS) is 54.9. The predicted octanol–water partition coefficient (Wildman–Crippen LogP) is -4.78. The molecular weight excluding hydrogens is 1010 g/mol. The highest BCUT2D eigenvalue weighted by Gasteiger charge is 2.71. The van der Waals surface area contributed by atoms with Gasteiger partial charge in [-0.1, -0.05) is 27.7 Å². The van der Waals surface area contributed by atoms with Gasteiger partial charge in [0.15, 0.2) is 30.9 Å². The summed E-state index contributed by atoms with van der Waals surface area (Å²) < 4.78 is 53.2. The Morgan fingerprint density at radius 1 is 0.605 bits per heavy atom. The summed E-state index contributed by atoms with van der Waals surface area (Å²) in [5.74, 6) is -1.50. The molecule has 4 aliphatic carbocycles. The Hall–Kier alpha value is -1.29. The van der Waals surface area contributed by atoms with Gasteiger partial charge in [-0.3, -0.25) is 4.79 Å². The summed E-state index contributed by atoms with van der Waals surface area (Å²) in [6, 6.07) is 0. The molecule has 76 heavy (non-hydrogen) atoms. The quantitative estimate of drug-likeness (QED) is 0.0645. The van der Waals surface area contributed by atoms with Crippen molar-refractivity contribution in [1.29, 1.82) is 0 Å². The minimum absolute atomic E-state index is 0.0487. The fourth-order valence-electron chi connectivity index (χ4n) is 15.3. The van der Waals surface area contributed by atoms with E-state index in [9.17, 15) is 81.4 Å².